The number of thiophene rings is 1. The van der Waals surface area contributed by atoms with Crippen molar-refractivity contribution in [2.75, 3.05) is 38.1 Å². The first-order valence-corrected chi connectivity index (χ1v) is 14.8. The highest BCUT2D eigenvalue weighted by atomic mass is 32.1. The first-order valence-electron chi connectivity index (χ1n) is 13.9. The number of nitrogens with one attached hydrogen (secondary N) is 2. The highest BCUT2D eigenvalue weighted by Crippen LogP contribution is 2.31. The van der Waals surface area contributed by atoms with E-state index in [9.17, 15) is 9.59 Å². The van der Waals surface area contributed by atoms with Gasteiger partial charge < -0.3 is 15.5 Å². The third-order valence-corrected chi connectivity index (χ3v) is 8.55. The summed E-state index contributed by atoms with van der Waals surface area (Å²) >= 11 is 1.62. The Kier molecular flexibility index (Phi) is 8.41. The zero-order valence-corrected chi connectivity index (χ0v) is 24.2. The average molecular weight is 561 g/mol. The van der Waals surface area contributed by atoms with Gasteiger partial charge in [-0.25, -0.2) is 14.5 Å². The molecule has 2 N–H and O–H groups in total. The Morgan fingerprint density at radius 1 is 1.15 bits per heavy atom. The summed E-state index contributed by atoms with van der Waals surface area (Å²) in [5.41, 5.74) is 3.31. The van der Waals surface area contributed by atoms with E-state index in [1.165, 1.54) is 0 Å². The maximum Gasteiger partial charge on any atom is 0.251 e. The number of carbonyl (C=O) groups excluding carboxylic acids is 2. The predicted molar refractivity (Wildman–Crippen MR) is 159 cm³/mol. The number of carbonyl (C=O) groups is 2. The van der Waals surface area contributed by atoms with E-state index in [1.54, 1.807) is 41.2 Å². The van der Waals surface area contributed by atoms with Crippen molar-refractivity contribution in [1.82, 2.24) is 35.1 Å². The molecule has 1 aliphatic rings. The molecule has 40 heavy (non-hydrogen) atoms. The molecule has 5 rings (SSSR count). The Balaban J connectivity index is 1.52. The minimum absolute atomic E-state index is 0.0623. The minimum atomic E-state index is -0.316. The Hall–Kier alpha value is -3.83. The van der Waals surface area contributed by atoms with Crippen molar-refractivity contribution in [2.24, 2.45) is 0 Å². The fourth-order valence-electron chi connectivity index (χ4n) is 5.23. The van der Waals surface area contributed by atoms with Crippen LogP contribution in [0, 0.1) is 0 Å². The van der Waals surface area contributed by atoms with Gasteiger partial charge in [0.15, 0.2) is 5.65 Å². The van der Waals surface area contributed by atoms with Gasteiger partial charge in [-0.2, -0.15) is 5.10 Å². The summed E-state index contributed by atoms with van der Waals surface area (Å²) in [6.07, 6.45) is 5.29. The number of rotatable bonds is 11. The number of aromatic nitrogens is 4. The molecular weight excluding hydrogens is 524 g/mol. The van der Waals surface area contributed by atoms with Crippen molar-refractivity contribution in [1.29, 1.82) is 0 Å². The van der Waals surface area contributed by atoms with E-state index in [2.05, 4.69) is 41.4 Å². The standard InChI is InChI=1S/C29H36N8O2S/c1-5-20(35(6-2)7-3)17-31-28(38)19-15-23(33-26(16-19)36-12-11-24(36)29(39)30-4)21-18-32-37-13-10-22(34-27(21)37)25-9-8-14-40-25/h8-10,13-16,18,20,24H,5-7,11-12,17H2,1-4H3,(H,30,39)(H,31,38)/t20?,24-/m0/s1. The summed E-state index contributed by atoms with van der Waals surface area (Å²) in [7, 11) is 1.64. The van der Waals surface area contributed by atoms with Gasteiger partial charge in [-0.05, 0) is 55.6 Å². The van der Waals surface area contributed by atoms with Crippen molar-refractivity contribution >= 4 is 34.6 Å². The topological polar surface area (TPSA) is 108 Å². The minimum Gasteiger partial charge on any atom is -0.357 e. The summed E-state index contributed by atoms with van der Waals surface area (Å²) in [4.78, 5) is 41.2. The molecule has 0 aromatic carbocycles. The smallest absolute Gasteiger partial charge is 0.251 e. The van der Waals surface area contributed by atoms with Crippen molar-refractivity contribution in [3.05, 3.63) is 53.7 Å². The first-order chi connectivity index (χ1) is 19.5. The Labute approximate surface area is 238 Å². The molecule has 10 nitrogen and oxygen atoms in total. The van der Waals surface area contributed by atoms with Crippen LogP contribution in [0.5, 0.6) is 0 Å². The molecule has 210 valence electrons. The predicted octanol–water partition coefficient (Wildman–Crippen LogP) is 3.69. The van der Waals surface area contributed by atoms with Gasteiger partial charge in [0, 0.05) is 37.9 Å². The highest BCUT2D eigenvalue weighted by molar-refractivity contribution is 7.13. The van der Waals surface area contributed by atoms with Gasteiger partial charge in [-0.3, -0.25) is 14.5 Å². The molecule has 0 bridgehead atoms. The van der Waals surface area contributed by atoms with Crippen molar-refractivity contribution in [2.45, 2.75) is 45.7 Å². The molecule has 2 atom stereocenters. The maximum atomic E-state index is 13.5. The highest BCUT2D eigenvalue weighted by Gasteiger charge is 2.35. The van der Waals surface area contributed by atoms with Gasteiger partial charge in [0.05, 0.1) is 28.0 Å². The number of fused-ring (bicyclic) bond motifs is 1. The summed E-state index contributed by atoms with van der Waals surface area (Å²) in [6, 6.07) is 9.48. The van der Waals surface area contributed by atoms with Crippen molar-refractivity contribution in [3.8, 4) is 21.8 Å². The molecule has 11 heteroatoms. The number of hydrogen-bond acceptors (Lipinski definition) is 8. The summed E-state index contributed by atoms with van der Waals surface area (Å²) in [6.45, 7) is 9.52. The van der Waals surface area contributed by atoms with Crippen LogP contribution < -0.4 is 15.5 Å². The molecule has 1 unspecified atom stereocenters. The molecule has 4 aromatic heterocycles. The first kappa shape index (κ1) is 27.7. The number of nitrogens with zero attached hydrogens (tertiary/aromatic N) is 6. The quantitative estimate of drug-likeness (QED) is 0.288. The fourth-order valence-corrected chi connectivity index (χ4v) is 5.92. The zero-order valence-electron chi connectivity index (χ0n) is 23.4. The number of amides is 2. The lowest BCUT2D eigenvalue weighted by Crippen LogP contribution is -2.56. The van der Waals surface area contributed by atoms with Gasteiger partial charge in [0.25, 0.3) is 5.91 Å². The lowest BCUT2D eigenvalue weighted by Gasteiger charge is -2.40. The maximum absolute atomic E-state index is 13.5. The molecular formula is C29H36N8O2S. The molecule has 4 aromatic rings. The van der Waals surface area contributed by atoms with Crippen LogP contribution >= 0.6 is 11.3 Å². The van der Waals surface area contributed by atoms with Crippen LogP contribution in [0.3, 0.4) is 0 Å². The van der Waals surface area contributed by atoms with Crippen LogP contribution in [0.25, 0.3) is 27.5 Å². The third-order valence-electron chi connectivity index (χ3n) is 7.65. The van der Waals surface area contributed by atoms with Crippen LogP contribution in [0.15, 0.2) is 48.1 Å². The van der Waals surface area contributed by atoms with Gasteiger partial charge in [0.1, 0.15) is 11.9 Å². The van der Waals surface area contributed by atoms with E-state index >= 15 is 0 Å². The van der Waals surface area contributed by atoms with E-state index in [-0.39, 0.29) is 23.9 Å². The molecule has 1 aliphatic heterocycles. The van der Waals surface area contributed by atoms with Crippen LogP contribution in [-0.2, 0) is 4.79 Å². The molecule has 0 radical (unpaired) electrons. The summed E-state index contributed by atoms with van der Waals surface area (Å²) in [5, 5.41) is 12.4. The number of anilines is 1. The van der Waals surface area contributed by atoms with Crippen molar-refractivity contribution < 1.29 is 9.59 Å². The number of hydrogen-bond donors (Lipinski definition) is 2. The van der Waals surface area contributed by atoms with Crippen molar-refractivity contribution in [3.63, 3.8) is 0 Å². The Morgan fingerprint density at radius 2 is 1.98 bits per heavy atom. The monoisotopic (exact) mass is 560 g/mol. The largest absolute Gasteiger partial charge is 0.357 e. The van der Waals surface area contributed by atoms with E-state index in [1.807, 2.05) is 34.7 Å². The molecule has 2 amide bonds. The van der Waals surface area contributed by atoms with Crippen LogP contribution in [-0.4, -0.2) is 81.6 Å². The fraction of sp³-hybridized carbons (Fsp3) is 0.414. The number of likely N-dealkylation sites (N-methyl/N-ethyl adjacent to an activating group) is 2. The second-order valence-corrected chi connectivity index (χ2v) is 10.8. The van der Waals surface area contributed by atoms with E-state index < -0.39 is 0 Å². The average Bonchev–Trinajstić information content (AvgIpc) is 3.64. The summed E-state index contributed by atoms with van der Waals surface area (Å²) in [5.74, 6) is 0.357. The lowest BCUT2D eigenvalue weighted by molar-refractivity contribution is -0.123. The third kappa shape index (κ3) is 5.44. The van der Waals surface area contributed by atoms with Gasteiger partial charge in [-0.15, -0.1) is 11.3 Å². The molecule has 1 saturated heterocycles. The summed E-state index contributed by atoms with van der Waals surface area (Å²) < 4.78 is 1.72. The Morgan fingerprint density at radius 3 is 2.62 bits per heavy atom. The lowest BCUT2D eigenvalue weighted by atomic mass is 10.0. The van der Waals surface area contributed by atoms with Crippen LogP contribution in [0.2, 0.25) is 0 Å². The van der Waals surface area contributed by atoms with Gasteiger partial charge in [0.2, 0.25) is 5.91 Å². The molecule has 0 spiro atoms. The SMILES string of the molecule is CCC(CNC(=O)c1cc(-c2cnn3ccc(-c4cccs4)nc23)nc(N2CC[C@H]2C(=O)NC)c1)N(CC)CC. The van der Waals surface area contributed by atoms with Gasteiger partial charge in [-0.1, -0.05) is 26.8 Å². The van der Waals surface area contributed by atoms with E-state index in [0.717, 1.165) is 42.1 Å². The van der Waals surface area contributed by atoms with Crippen LogP contribution in [0.4, 0.5) is 5.82 Å². The molecule has 1 fully saturated rings. The normalized spacial score (nSPS) is 15.7. The number of pyridine rings is 1. The molecule has 0 aliphatic carbocycles. The second kappa shape index (κ2) is 12.1. The molecule has 0 saturated carbocycles. The van der Waals surface area contributed by atoms with E-state index in [0.29, 0.717) is 35.8 Å². The Bertz CT molecular complexity index is 1480. The zero-order chi connectivity index (χ0) is 28.2. The van der Waals surface area contributed by atoms with E-state index in [4.69, 9.17) is 9.97 Å². The van der Waals surface area contributed by atoms with Crippen LogP contribution in [0.1, 0.15) is 44.0 Å². The molecule has 5 heterocycles. The second-order valence-electron chi connectivity index (χ2n) is 9.82. The van der Waals surface area contributed by atoms with Gasteiger partial charge >= 0.3 is 0 Å².